The summed E-state index contributed by atoms with van der Waals surface area (Å²) in [5, 5.41) is 5.22. The van der Waals surface area contributed by atoms with Gasteiger partial charge in [0, 0.05) is 36.5 Å². The van der Waals surface area contributed by atoms with E-state index in [1.165, 1.54) is 19.4 Å². The molecule has 0 aliphatic rings. The lowest BCUT2D eigenvalue weighted by molar-refractivity contribution is 0.400. The average molecular weight is 430 g/mol. The van der Waals surface area contributed by atoms with Crippen molar-refractivity contribution in [2.45, 2.75) is 4.90 Å². The van der Waals surface area contributed by atoms with Crippen LogP contribution in [-0.4, -0.2) is 30.3 Å². The Labute approximate surface area is 171 Å². The van der Waals surface area contributed by atoms with Crippen molar-refractivity contribution >= 4 is 26.6 Å². The first kappa shape index (κ1) is 19.8. The fourth-order valence-electron chi connectivity index (χ4n) is 3.07. The number of hydrogen-bond donors (Lipinski definition) is 1. The van der Waals surface area contributed by atoms with Crippen molar-refractivity contribution in [2.24, 2.45) is 7.05 Å². The van der Waals surface area contributed by atoms with E-state index in [1.807, 2.05) is 31.4 Å². The third kappa shape index (κ3) is 3.69. The Morgan fingerprint density at radius 2 is 1.87 bits per heavy atom. The molecule has 0 fully saturated rings. The van der Waals surface area contributed by atoms with Crippen molar-refractivity contribution in [3.05, 3.63) is 66.5 Å². The van der Waals surface area contributed by atoms with Crippen LogP contribution in [0.2, 0.25) is 0 Å². The Morgan fingerprint density at radius 1 is 1.07 bits per heavy atom. The summed E-state index contributed by atoms with van der Waals surface area (Å²) in [5.74, 6) is -2.07. The third-order valence-corrected chi connectivity index (χ3v) is 5.82. The van der Waals surface area contributed by atoms with Gasteiger partial charge in [0.2, 0.25) is 5.88 Å². The van der Waals surface area contributed by atoms with E-state index in [9.17, 15) is 17.2 Å². The summed E-state index contributed by atoms with van der Waals surface area (Å²) >= 11 is 0. The Kier molecular flexibility index (Phi) is 4.86. The predicted octanol–water partition coefficient (Wildman–Crippen LogP) is 3.72. The van der Waals surface area contributed by atoms with Crippen LogP contribution in [0.3, 0.4) is 0 Å². The van der Waals surface area contributed by atoms with Gasteiger partial charge >= 0.3 is 0 Å². The van der Waals surface area contributed by atoms with E-state index in [4.69, 9.17) is 4.74 Å². The van der Waals surface area contributed by atoms with Crippen LogP contribution in [-0.2, 0) is 17.1 Å². The van der Waals surface area contributed by atoms with Crippen LogP contribution < -0.4 is 9.46 Å². The van der Waals surface area contributed by atoms with Gasteiger partial charge in [-0.05, 0) is 35.9 Å². The summed E-state index contributed by atoms with van der Waals surface area (Å²) in [4.78, 5) is 3.46. The van der Waals surface area contributed by atoms with E-state index in [1.54, 1.807) is 4.68 Å². The Morgan fingerprint density at radius 3 is 2.60 bits per heavy atom. The number of anilines is 1. The molecule has 7 nitrogen and oxygen atoms in total. The second-order valence-electron chi connectivity index (χ2n) is 6.54. The molecule has 0 saturated carbocycles. The minimum atomic E-state index is -4.35. The number of sulfonamides is 1. The number of methoxy groups -OCH3 is 1. The number of ether oxygens (including phenoxy) is 1. The number of halogens is 2. The van der Waals surface area contributed by atoms with Gasteiger partial charge in [-0.25, -0.2) is 22.2 Å². The fraction of sp³-hybridized carbons (Fsp3) is 0.100. The van der Waals surface area contributed by atoms with Crippen molar-refractivity contribution in [1.82, 2.24) is 14.8 Å². The van der Waals surface area contributed by atoms with Crippen molar-refractivity contribution in [1.29, 1.82) is 0 Å². The monoisotopic (exact) mass is 430 g/mol. The summed E-state index contributed by atoms with van der Waals surface area (Å²) in [6.07, 6.45) is 3.39. The van der Waals surface area contributed by atoms with Gasteiger partial charge in [0.15, 0.2) is 0 Å². The molecule has 2 aromatic carbocycles. The van der Waals surface area contributed by atoms with Gasteiger partial charge < -0.3 is 4.74 Å². The van der Waals surface area contributed by atoms with Crippen LogP contribution in [0.4, 0.5) is 14.5 Å². The maximum atomic E-state index is 14.0. The van der Waals surface area contributed by atoms with Gasteiger partial charge in [-0.2, -0.15) is 5.10 Å². The van der Waals surface area contributed by atoms with Crippen molar-refractivity contribution < 1.29 is 21.9 Å². The highest BCUT2D eigenvalue weighted by atomic mass is 32.2. The molecule has 1 N–H and O–H groups in total. The van der Waals surface area contributed by atoms with Crippen molar-refractivity contribution in [3.63, 3.8) is 0 Å². The molecule has 0 atom stereocenters. The molecule has 4 rings (SSSR count). The SMILES string of the molecule is COc1ncc(-c2ccc3nn(C)cc3c2)cc1NS(=O)(=O)c1ccc(F)cc1F. The van der Waals surface area contributed by atoms with E-state index >= 15 is 0 Å². The number of hydrogen-bond acceptors (Lipinski definition) is 5. The lowest BCUT2D eigenvalue weighted by Crippen LogP contribution is -2.15. The molecule has 2 aromatic heterocycles. The Hall–Kier alpha value is -3.53. The molecule has 30 heavy (non-hydrogen) atoms. The third-order valence-electron chi connectivity index (χ3n) is 4.42. The quantitative estimate of drug-likeness (QED) is 0.522. The summed E-state index contributed by atoms with van der Waals surface area (Å²) < 4.78 is 61.6. The zero-order chi connectivity index (χ0) is 21.5. The molecule has 2 heterocycles. The lowest BCUT2D eigenvalue weighted by atomic mass is 10.1. The van der Waals surface area contributed by atoms with Crippen LogP contribution in [0.1, 0.15) is 0 Å². The van der Waals surface area contributed by atoms with Crippen molar-refractivity contribution in [2.75, 3.05) is 11.8 Å². The van der Waals surface area contributed by atoms with Crippen LogP contribution in [0, 0.1) is 11.6 Å². The van der Waals surface area contributed by atoms with E-state index in [-0.39, 0.29) is 11.6 Å². The summed E-state index contributed by atoms with van der Waals surface area (Å²) in [7, 11) is -1.20. The summed E-state index contributed by atoms with van der Waals surface area (Å²) in [6, 6.07) is 9.32. The molecular weight excluding hydrogens is 414 g/mol. The fourth-order valence-corrected chi connectivity index (χ4v) is 4.18. The zero-order valence-electron chi connectivity index (χ0n) is 15.9. The molecule has 154 valence electrons. The van der Waals surface area contributed by atoms with Gasteiger partial charge in [0.1, 0.15) is 22.2 Å². The van der Waals surface area contributed by atoms with E-state index in [0.717, 1.165) is 28.6 Å². The number of aromatic nitrogens is 3. The standard InChI is InChI=1S/C20H16F2N4O3S/c1-26-11-14-7-12(3-5-17(14)24-26)13-8-18(20(29-2)23-10-13)25-30(27,28)19-6-4-15(21)9-16(19)22/h3-11,25H,1-2H3. The average Bonchev–Trinajstić information content (AvgIpc) is 3.06. The minimum absolute atomic E-state index is 0.00676. The van der Waals surface area contributed by atoms with Gasteiger partial charge in [-0.1, -0.05) is 6.07 Å². The van der Waals surface area contributed by atoms with Crippen molar-refractivity contribution in [3.8, 4) is 17.0 Å². The molecule has 0 amide bonds. The highest BCUT2D eigenvalue weighted by Gasteiger charge is 2.22. The largest absolute Gasteiger partial charge is 0.480 e. The first-order valence-electron chi connectivity index (χ1n) is 8.72. The Balaban J connectivity index is 1.75. The molecule has 0 aliphatic carbocycles. The van der Waals surface area contributed by atoms with Crippen LogP contribution >= 0.6 is 0 Å². The number of nitrogens with zero attached hydrogens (tertiary/aromatic N) is 3. The van der Waals surface area contributed by atoms with E-state index in [0.29, 0.717) is 11.6 Å². The number of rotatable bonds is 5. The first-order valence-corrected chi connectivity index (χ1v) is 10.2. The molecular formula is C20H16F2N4O3S. The highest BCUT2D eigenvalue weighted by molar-refractivity contribution is 7.92. The van der Waals surface area contributed by atoms with E-state index < -0.39 is 26.6 Å². The number of fused-ring (bicyclic) bond motifs is 1. The van der Waals surface area contributed by atoms with Crippen LogP contribution in [0.25, 0.3) is 22.0 Å². The molecule has 10 heteroatoms. The zero-order valence-corrected chi connectivity index (χ0v) is 16.7. The topological polar surface area (TPSA) is 86.1 Å². The summed E-state index contributed by atoms with van der Waals surface area (Å²) in [5.41, 5.74) is 2.22. The van der Waals surface area contributed by atoms with E-state index in [2.05, 4.69) is 14.8 Å². The maximum absolute atomic E-state index is 14.0. The van der Waals surface area contributed by atoms with Gasteiger partial charge in [-0.3, -0.25) is 9.40 Å². The lowest BCUT2D eigenvalue weighted by Gasteiger charge is -2.13. The molecule has 0 spiro atoms. The molecule has 0 unspecified atom stereocenters. The van der Waals surface area contributed by atoms with Gasteiger partial charge in [0.05, 0.1) is 12.6 Å². The molecule has 4 aromatic rings. The smallest absolute Gasteiger partial charge is 0.264 e. The second-order valence-corrected chi connectivity index (χ2v) is 8.19. The number of benzene rings is 2. The number of pyridine rings is 1. The normalized spacial score (nSPS) is 11.6. The second kappa shape index (κ2) is 7.38. The highest BCUT2D eigenvalue weighted by Crippen LogP contribution is 2.31. The maximum Gasteiger partial charge on any atom is 0.264 e. The predicted molar refractivity (Wildman–Crippen MR) is 108 cm³/mol. The van der Waals surface area contributed by atoms with Crippen LogP contribution in [0.5, 0.6) is 5.88 Å². The summed E-state index contributed by atoms with van der Waals surface area (Å²) in [6.45, 7) is 0. The minimum Gasteiger partial charge on any atom is -0.480 e. The number of nitrogens with one attached hydrogen (secondary N) is 1. The van der Waals surface area contributed by atoms with Crippen LogP contribution in [0.15, 0.2) is 59.8 Å². The molecule has 0 aliphatic heterocycles. The van der Waals surface area contributed by atoms with Gasteiger partial charge in [0.25, 0.3) is 10.0 Å². The molecule has 0 saturated heterocycles. The molecule has 0 radical (unpaired) electrons. The molecule has 0 bridgehead atoms. The van der Waals surface area contributed by atoms with Gasteiger partial charge in [-0.15, -0.1) is 0 Å². The number of aryl methyl sites for hydroxylation is 1. The Bertz CT molecular complexity index is 1370. The first-order chi connectivity index (χ1) is 14.3.